The highest BCUT2D eigenvalue weighted by molar-refractivity contribution is 5.85. The first kappa shape index (κ1) is 19.3. The molecule has 3 N–H and O–H groups in total. The zero-order valence-corrected chi connectivity index (χ0v) is 14.9. The molecule has 0 saturated heterocycles. The van der Waals surface area contributed by atoms with E-state index in [1.807, 2.05) is 18.2 Å². The van der Waals surface area contributed by atoms with Crippen LogP contribution in [0, 0.1) is 11.7 Å². The first-order valence-electron chi connectivity index (χ1n) is 8.51. The summed E-state index contributed by atoms with van der Waals surface area (Å²) in [7, 11) is 0. The zero-order chi connectivity index (χ0) is 16.9. The summed E-state index contributed by atoms with van der Waals surface area (Å²) >= 11 is 0. The maximum absolute atomic E-state index is 13.6. The van der Waals surface area contributed by atoms with E-state index < -0.39 is 0 Å². The van der Waals surface area contributed by atoms with Gasteiger partial charge in [0.2, 0.25) is 5.91 Å². The SMILES string of the molecule is Cl.Nc1ccc(CC(=O)NC(c2cccc(F)c2)C2CCCC2)cc1. The van der Waals surface area contributed by atoms with E-state index in [4.69, 9.17) is 5.73 Å². The molecule has 0 aliphatic heterocycles. The lowest BCUT2D eigenvalue weighted by Gasteiger charge is -2.25. The molecule has 1 fully saturated rings. The van der Waals surface area contributed by atoms with Gasteiger partial charge in [-0.1, -0.05) is 37.1 Å². The van der Waals surface area contributed by atoms with Crippen LogP contribution in [0.15, 0.2) is 48.5 Å². The Morgan fingerprint density at radius 1 is 1.16 bits per heavy atom. The third-order valence-corrected chi connectivity index (χ3v) is 4.74. The number of hydrogen-bond donors (Lipinski definition) is 2. The third-order valence-electron chi connectivity index (χ3n) is 4.74. The Morgan fingerprint density at radius 2 is 1.84 bits per heavy atom. The molecule has 2 aromatic carbocycles. The van der Waals surface area contributed by atoms with Gasteiger partial charge in [0, 0.05) is 5.69 Å². The zero-order valence-electron chi connectivity index (χ0n) is 14.1. The van der Waals surface area contributed by atoms with E-state index in [2.05, 4.69) is 5.32 Å². The number of hydrogen-bond acceptors (Lipinski definition) is 2. The van der Waals surface area contributed by atoms with Crippen molar-refractivity contribution in [1.82, 2.24) is 5.32 Å². The number of halogens is 2. The fourth-order valence-corrected chi connectivity index (χ4v) is 3.51. The Hall–Kier alpha value is -2.07. The number of carbonyl (C=O) groups excluding carboxylic acids is 1. The maximum Gasteiger partial charge on any atom is 0.224 e. The van der Waals surface area contributed by atoms with E-state index in [1.165, 1.54) is 25.0 Å². The summed E-state index contributed by atoms with van der Waals surface area (Å²) in [4.78, 5) is 12.5. The number of carbonyl (C=O) groups is 1. The molecule has 1 aliphatic rings. The topological polar surface area (TPSA) is 55.1 Å². The van der Waals surface area contributed by atoms with Crippen LogP contribution in [0.2, 0.25) is 0 Å². The number of rotatable bonds is 5. The third kappa shape index (κ3) is 5.20. The lowest BCUT2D eigenvalue weighted by molar-refractivity contribution is -0.121. The number of nitrogens with two attached hydrogens (primary N) is 1. The molecule has 0 heterocycles. The predicted molar refractivity (Wildman–Crippen MR) is 101 cm³/mol. The van der Waals surface area contributed by atoms with Gasteiger partial charge in [-0.15, -0.1) is 12.4 Å². The van der Waals surface area contributed by atoms with Crippen molar-refractivity contribution >= 4 is 24.0 Å². The highest BCUT2D eigenvalue weighted by atomic mass is 35.5. The van der Waals surface area contributed by atoms with Crippen molar-refractivity contribution < 1.29 is 9.18 Å². The van der Waals surface area contributed by atoms with Gasteiger partial charge in [0.15, 0.2) is 0 Å². The minimum Gasteiger partial charge on any atom is -0.399 e. The fraction of sp³-hybridized carbons (Fsp3) is 0.350. The standard InChI is InChI=1S/C20H23FN2O.ClH/c21-17-7-3-6-16(13-17)20(15-4-1-2-5-15)23-19(24)12-14-8-10-18(22)11-9-14;/h3,6-11,13,15,20H,1-2,4-5,12,22H2,(H,23,24);1H. The van der Waals surface area contributed by atoms with Gasteiger partial charge in [0.05, 0.1) is 12.5 Å². The van der Waals surface area contributed by atoms with Crippen molar-refractivity contribution in [2.24, 2.45) is 5.92 Å². The highest BCUT2D eigenvalue weighted by Crippen LogP contribution is 2.36. The summed E-state index contributed by atoms with van der Waals surface area (Å²) in [6.07, 6.45) is 4.79. The molecule has 3 rings (SSSR count). The Kier molecular flexibility index (Phi) is 6.82. The van der Waals surface area contributed by atoms with Crippen molar-refractivity contribution in [2.45, 2.75) is 38.1 Å². The Balaban J connectivity index is 0.00000225. The van der Waals surface area contributed by atoms with Crippen LogP contribution in [0.3, 0.4) is 0 Å². The van der Waals surface area contributed by atoms with Crippen LogP contribution in [-0.2, 0) is 11.2 Å². The van der Waals surface area contributed by atoms with Gasteiger partial charge in [-0.2, -0.15) is 0 Å². The van der Waals surface area contributed by atoms with Crippen LogP contribution in [0.4, 0.5) is 10.1 Å². The Bertz CT molecular complexity index is 699. The quantitative estimate of drug-likeness (QED) is 0.773. The largest absolute Gasteiger partial charge is 0.399 e. The van der Waals surface area contributed by atoms with Crippen LogP contribution in [0.1, 0.15) is 42.9 Å². The number of benzene rings is 2. The monoisotopic (exact) mass is 362 g/mol. The molecular formula is C20H24ClFN2O. The first-order chi connectivity index (χ1) is 11.6. The average Bonchev–Trinajstić information content (AvgIpc) is 3.09. The molecule has 1 amide bonds. The van der Waals surface area contributed by atoms with E-state index in [0.29, 0.717) is 18.0 Å². The first-order valence-corrected chi connectivity index (χ1v) is 8.51. The molecule has 1 unspecified atom stereocenters. The average molecular weight is 363 g/mol. The fourth-order valence-electron chi connectivity index (χ4n) is 3.51. The Morgan fingerprint density at radius 3 is 2.48 bits per heavy atom. The van der Waals surface area contributed by atoms with Crippen molar-refractivity contribution in [2.75, 3.05) is 5.73 Å². The lowest BCUT2D eigenvalue weighted by Crippen LogP contribution is -2.33. The second kappa shape index (κ2) is 8.86. The van der Waals surface area contributed by atoms with Crippen LogP contribution in [0.5, 0.6) is 0 Å². The molecule has 25 heavy (non-hydrogen) atoms. The summed E-state index contributed by atoms with van der Waals surface area (Å²) in [6.45, 7) is 0. The number of anilines is 1. The summed E-state index contributed by atoms with van der Waals surface area (Å²) in [5.41, 5.74) is 8.13. The molecule has 134 valence electrons. The second-order valence-corrected chi connectivity index (χ2v) is 6.56. The molecule has 0 spiro atoms. The molecular weight excluding hydrogens is 339 g/mol. The molecule has 1 atom stereocenters. The smallest absolute Gasteiger partial charge is 0.224 e. The highest BCUT2D eigenvalue weighted by Gasteiger charge is 2.27. The van der Waals surface area contributed by atoms with Crippen LogP contribution in [0.25, 0.3) is 0 Å². The van der Waals surface area contributed by atoms with Gasteiger partial charge in [-0.25, -0.2) is 4.39 Å². The van der Waals surface area contributed by atoms with Gasteiger partial charge in [-0.05, 0) is 54.2 Å². The lowest BCUT2D eigenvalue weighted by atomic mass is 9.91. The van der Waals surface area contributed by atoms with Gasteiger partial charge in [-0.3, -0.25) is 4.79 Å². The molecule has 2 aromatic rings. The van der Waals surface area contributed by atoms with E-state index in [-0.39, 0.29) is 30.2 Å². The molecule has 3 nitrogen and oxygen atoms in total. The minimum absolute atomic E-state index is 0. The number of amides is 1. The molecule has 1 aliphatic carbocycles. The summed E-state index contributed by atoms with van der Waals surface area (Å²) in [6, 6.07) is 13.8. The number of nitrogen functional groups attached to an aromatic ring is 1. The van der Waals surface area contributed by atoms with Gasteiger partial charge < -0.3 is 11.1 Å². The van der Waals surface area contributed by atoms with Crippen molar-refractivity contribution in [3.8, 4) is 0 Å². The van der Waals surface area contributed by atoms with Gasteiger partial charge in [0.1, 0.15) is 5.82 Å². The molecule has 1 saturated carbocycles. The number of nitrogens with one attached hydrogen (secondary N) is 1. The summed E-state index contributed by atoms with van der Waals surface area (Å²) in [5.74, 6) is 0.0754. The van der Waals surface area contributed by atoms with Crippen LogP contribution < -0.4 is 11.1 Å². The van der Waals surface area contributed by atoms with Gasteiger partial charge in [0.25, 0.3) is 0 Å². The minimum atomic E-state index is -0.261. The molecule has 5 heteroatoms. The van der Waals surface area contributed by atoms with Crippen molar-refractivity contribution in [3.05, 3.63) is 65.5 Å². The van der Waals surface area contributed by atoms with E-state index in [1.54, 1.807) is 18.2 Å². The normalized spacial score (nSPS) is 15.4. The second-order valence-electron chi connectivity index (χ2n) is 6.56. The molecule has 0 radical (unpaired) electrons. The van der Waals surface area contributed by atoms with Gasteiger partial charge >= 0.3 is 0 Å². The Labute approximate surface area is 154 Å². The van der Waals surface area contributed by atoms with Crippen molar-refractivity contribution in [1.29, 1.82) is 0 Å². The maximum atomic E-state index is 13.6. The summed E-state index contributed by atoms with van der Waals surface area (Å²) in [5, 5.41) is 3.13. The van der Waals surface area contributed by atoms with E-state index in [9.17, 15) is 9.18 Å². The molecule has 0 bridgehead atoms. The van der Waals surface area contributed by atoms with E-state index >= 15 is 0 Å². The summed E-state index contributed by atoms with van der Waals surface area (Å²) < 4.78 is 13.6. The molecule has 0 aromatic heterocycles. The van der Waals surface area contributed by atoms with Crippen LogP contribution in [-0.4, -0.2) is 5.91 Å². The van der Waals surface area contributed by atoms with Crippen LogP contribution >= 0.6 is 12.4 Å². The van der Waals surface area contributed by atoms with E-state index in [0.717, 1.165) is 24.0 Å². The predicted octanol–water partition coefficient (Wildman–Crippen LogP) is 4.42. The van der Waals surface area contributed by atoms with Crippen molar-refractivity contribution in [3.63, 3.8) is 0 Å².